The highest BCUT2D eigenvalue weighted by Gasteiger charge is 2.37. The van der Waals surface area contributed by atoms with Crippen LogP contribution in [0.15, 0.2) is 48.5 Å². The lowest BCUT2D eigenvalue weighted by atomic mass is 10.1. The van der Waals surface area contributed by atoms with Crippen molar-refractivity contribution in [3.05, 3.63) is 69.8 Å². The van der Waals surface area contributed by atoms with Gasteiger partial charge in [-0.3, -0.25) is 19.7 Å². The van der Waals surface area contributed by atoms with Gasteiger partial charge in [-0.15, -0.1) is 0 Å². The van der Waals surface area contributed by atoms with Crippen LogP contribution < -0.4 is 4.84 Å². The molecule has 0 N–H and O–H groups in total. The number of nitro benzene ring substituents is 1. The van der Waals surface area contributed by atoms with Crippen molar-refractivity contribution in [2.24, 2.45) is 0 Å². The lowest BCUT2D eigenvalue weighted by molar-refractivity contribution is -0.384. The van der Waals surface area contributed by atoms with E-state index in [1.165, 1.54) is 36.4 Å². The third-order valence-electron chi connectivity index (χ3n) is 3.00. The van der Waals surface area contributed by atoms with Crippen LogP contribution in [0.25, 0.3) is 0 Å². The molecule has 0 radical (unpaired) electrons. The number of nitro groups is 1. The number of hydrogen-bond acceptors (Lipinski definition) is 5. The standard InChI is InChI=1S/C14H8N2O5/c17-13-11-3-1-2-4-12(11)14(18)15(13)21-10-7-5-9(6-8-10)16(19)20/h1-8H. The molecule has 0 aliphatic carbocycles. The zero-order chi connectivity index (χ0) is 15.0. The van der Waals surface area contributed by atoms with Crippen LogP contribution in [0.4, 0.5) is 5.69 Å². The first kappa shape index (κ1) is 12.8. The molecule has 0 bridgehead atoms. The summed E-state index contributed by atoms with van der Waals surface area (Å²) < 4.78 is 0. The minimum Gasteiger partial charge on any atom is -0.368 e. The van der Waals surface area contributed by atoms with Gasteiger partial charge in [0, 0.05) is 12.1 Å². The van der Waals surface area contributed by atoms with Gasteiger partial charge in [0.1, 0.15) is 0 Å². The molecule has 0 aromatic heterocycles. The zero-order valence-corrected chi connectivity index (χ0v) is 10.6. The molecule has 0 saturated heterocycles. The summed E-state index contributed by atoms with van der Waals surface area (Å²) in [6.45, 7) is 0. The Balaban J connectivity index is 1.85. The Bertz CT molecular complexity index is 719. The number of benzene rings is 2. The van der Waals surface area contributed by atoms with Gasteiger partial charge < -0.3 is 4.84 Å². The maximum atomic E-state index is 12.1. The van der Waals surface area contributed by atoms with E-state index in [4.69, 9.17) is 4.84 Å². The summed E-state index contributed by atoms with van der Waals surface area (Å²) in [4.78, 5) is 39.4. The van der Waals surface area contributed by atoms with Gasteiger partial charge in [0.25, 0.3) is 17.5 Å². The summed E-state index contributed by atoms with van der Waals surface area (Å²) >= 11 is 0. The molecule has 21 heavy (non-hydrogen) atoms. The second-order valence-corrected chi connectivity index (χ2v) is 4.29. The summed E-state index contributed by atoms with van der Waals surface area (Å²) in [7, 11) is 0. The molecule has 7 heteroatoms. The highest BCUT2D eigenvalue weighted by Crippen LogP contribution is 2.25. The highest BCUT2D eigenvalue weighted by molar-refractivity contribution is 6.20. The van der Waals surface area contributed by atoms with Gasteiger partial charge in [-0.25, -0.2) is 0 Å². The number of nitrogens with zero attached hydrogens (tertiary/aromatic N) is 2. The first-order valence-electron chi connectivity index (χ1n) is 5.98. The molecule has 0 fully saturated rings. The van der Waals surface area contributed by atoms with Crippen LogP contribution in [0.3, 0.4) is 0 Å². The third kappa shape index (κ3) is 2.10. The highest BCUT2D eigenvalue weighted by atomic mass is 16.7. The molecule has 0 unspecified atom stereocenters. The van der Waals surface area contributed by atoms with E-state index in [1.54, 1.807) is 12.1 Å². The van der Waals surface area contributed by atoms with Crippen LogP contribution in [0, 0.1) is 10.1 Å². The number of carbonyl (C=O) groups excluding carboxylic acids is 2. The summed E-state index contributed by atoms with van der Waals surface area (Å²) in [5.74, 6) is -0.960. The molecule has 1 aliphatic heterocycles. The molecule has 3 rings (SSSR count). The van der Waals surface area contributed by atoms with E-state index in [-0.39, 0.29) is 22.6 Å². The SMILES string of the molecule is O=C1c2ccccc2C(=O)N1Oc1ccc([N+](=O)[O-])cc1. The topological polar surface area (TPSA) is 89.8 Å². The van der Waals surface area contributed by atoms with E-state index in [2.05, 4.69) is 0 Å². The van der Waals surface area contributed by atoms with Gasteiger partial charge in [-0.05, 0) is 24.3 Å². The van der Waals surface area contributed by atoms with E-state index in [1.807, 2.05) is 0 Å². The number of fused-ring (bicyclic) bond motifs is 1. The van der Waals surface area contributed by atoms with Crippen molar-refractivity contribution in [2.45, 2.75) is 0 Å². The third-order valence-corrected chi connectivity index (χ3v) is 3.00. The molecule has 104 valence electrons. The Kier molecular flexibility index (Phi) is 2.87. The number of amides is 2. The number of carbonyl (C=O) groups is 2. The van der Waals surface area contributed by atoms with Crippen molar-refractivity contribution in [3.8, 4) is 5.75 Å². The number of rotatable bonds is 3. The van der Waals surface area contributed by atoms with Crippen molar-refractivity contribution in [3.63, 3.8) is 0 Å². The first-order valence-corrected chi connectivity index (χ1v) is 5.98. The summed E-state index contributed by atoms with van der Waals surface area (Å²) in [6.07, 6.45) is 0. The molecular weight excluding hydrogens is 276 g/mol. The molecule has 0 atom stereocenters. The zero-order valence-electron chi connectivity index (χ0n) is 10.6. The van der Waals surface area contributed by atoms with Crippen LogP contribution in [-0.4, -0.2) is 21.8 Å². The van der Waals surface area contributed by atoms with Crippen molar-refractivity contribution in [1.82, 2.24) is 5.06 Å². The van der Waals surface area contributed by atoms with Crippen molar-refractivity contribution in [1.29, 1.82) is 0 Å². The summed E-state index contributed by atoms with van der Waals surface area (Å²) in [5, 5.41) is 11.2. The van der Waals surface area contributed by atoms with Crippen LogP contribution in [0.1, 0.15) is 20.7 Å². The maximum Gasteiger partial charge on any atom is 0.295 e. The Morgan fingerprint density at radius 3 is 1.90 bits per heavy atom. The molecule has 1 aliphatic rings. The summed E-state index contributed by atoms with van der Waals surface area (Å²) in [5.41, 5.74) is 0.429. The number of imide groups is 1. The fourth-order valence-electron chi connectivity index (χ4n) is 1.98. The largest absolute Gasteiger partial charge is 0.368 e. The monoisotopic (exact) mass is 284 g/mol. The molecule has 2 aromatic rings. The molecule has 2 amide bonds. The van der Waals surface area contributed by atoms with Gasteiger partial charge in [-0.2, -0.15) is 0 Å². The van der Waals surface area contributed by atoms with E-state index in [0.29, 0.717) is 5.06 Å². The van der Waals surface area contributed by atoms with Crippen LogP contribution >= 0.6 is 0 Å². The minimum absolute atomic E-state index is 0.107. The predicted molar refractivity (Wildman–Crippen MR) is 70.7 cm³/mol. The molecular formula is C14H8N2O5. The quantitative estimate of drug-likeness (QED) is 0.489. The second-order valence-electron chi connectivity index (χ2n) is 4.29. The Labute approximate surface area is 118 Å². The average molecular weight is 284 g/mol. The first-order chi connectivity index (χ1) is 10.1. The fourth-order valence-corrected chi connectivity index (χ4v) is 1.98. The maximum absolute atomic E-state index is 12.1. The molecule has 0 spiro atoms. The predicted octanol–water partition coefficient (Wildman–Crippen LogP) is 2.18. The molecule has 7 nitrogen and oxygen atoms in total. The number of hydrogen-bond donors (Lipinski definition) is 0. The van der Waals surface area contributed by atoms with Crippen LogP contribution in [-0.2, 0) is 0 Å². The molecule has 2 aromatic carbocycles. The molecule has 1 heterocycles. The number of non-ortho nitro benzene ring substituents is 1. The normalized spacial score (nSPS) is 13.2. The van der Waals surface area contributed by atoms with E-state index >= 15 is 0 Å². The van der Waals surface area contributed by atoms with E-state index < -0.39 is 16.7 Å². The van der Waals surface area contributed by atoms with Gasteiger partial charge in [0.15, 0.2) is 5.75 Å². The Morgan fingerprint density at radius 1 is 0.905 bits per heavy atom. The van der Waals surface area contributed by atoms with Gasteiger partial charge in [0.05, 0.1) is 16.1 Å². The lowest BCUT2D eigenvalue weighted by Gasteiger charge is -2.13. The van der Waals surface area contributed by atoms with Gasteiger partial charge in [0.2, 0.25) is 0 Å². The van der Waals surface area contributed by atoms with Gasteiger partial charge >= 0.3 is 0 Å². The van der Waals surface area contributed by atoms with E-state index in [0.717, 1.165) is 0 Å². The van der Waals surface area contributed by atoms with E-state index in [9.17, 15) is 19.7 Å². The Morgan fingerprint density at radius 2 is 1.43 bits per heavy atom. The van der Waals surface area contributed by atoms with Crippen LogP contribution in [0.5, 0.6) is 5.75 Å². The average Bonchev–Trinajstić information content (AvgIpc) is 2.73. The number of hydroxylamine groups is 2. The minimum atomic E-state index is -0.561. The second kappa shape index (κ2) is 4.71. The smallest absolute Gasteiger partial charge is 0.295 e. The fraction of sp³-hybridized carbons (Fsp3) is 0. The Hall–Kier alpha value is -3.22. The van der Waals surface area contributed by atoms with Crippen molar-refractivity contribution in [2.75, 3.05) is 0 Å². The summed E-state index contributed by atoms with van der Waals surface area (Å²) in [6, 6.07) is 11.5. The molecule has 0 saturated carbocycles. The lowest BCUT2D eigenvalue weighted by Crippen LogP contribution is -2.33. The van der Waals surface area contributed by atoms with Crippen LogP contribution in [0.2, 0.25) is 0 Å². The van der Waals surface area contributed by atoms with Crippen molar-refractivity contribution < 1.29 is 19.3 Å². The van der Waals surface area contributed by atoms with Crippen molar-refractivity contribution >= 4 is 17.5 Å². The van der Waals surface area contributed by atoms with Gasteiger partial charge in [-0.1, -0.05) is 17.2 Å².